The number of hydrogen-bond donors (Lipinski definition) is 0. The Kier molecular flexibility index (Phi) is 2.83. The maximum absolute atomic E-state index is 11.9. The van der Waals surface area contributed by atoms with Gasteiger partial charge in [-0.2, -0.15) is 4.98 Å². The second kappa shape index (κ2) is 4.49. The Labute approximate surface area is 112 Å². The molecule has 3 rings (SSSR count). The quantitative estimate of drug-likeness (QED) is 0.813. The van der Waals surface area contributed by atoms with Gasteiger partial charge in [0.05, 0.1) is 0 Å². The van der Waals surface area contributed by atoms with Crippen molar-refractivity contribution in [3.05, 3.63) is 57.3 Å². The first kappa shape index (κ1) is 11.3. The lowest BCUT2D eigenvalue weighted by Gasteiger charge is -2.06. The third-order valence-corrected chi connectivity index (χ3v) is 3.24. The fraction of sp³-hybridized carbons (Fsp3) is 0.154. The van der Waals surface area contributed by atoms with E-state index in [4.69, 9.17) is 0 Å². The van der Waals surface area contributed by atoms with Gasteiger partial charge in [-0.15, -0.1) is 0 Å². The number of aromatic nitrogens is 3. The fourth-order valence-corrected chi connectivity index (χ4v) is 2.23. The van der Waals surface area contributed by atoms with Crippen LogP contribution in [0.1, 0.15) is 18.7 Å². The molecule has 0 aromatic carbocycles. The summed E-state index contributed by atoms with van der Waals surface area (Å²) < 4.78 is 2.26. The summed E-state index contributed by atoms with van der Waals surface area (Å²) in [5.41, 5.74) is 1.22. The summed E-state index contributed by atoms with van der Waals surface area (Å²) in [6.45, 7) is 0. The molecule has 90 valence electrons. The number of halogens is 1. The highest BCUT2D eigenvalue weighted by Crippen LogP contribution is 2.18. The van der Waals surface area contributed by atoms with Crippen LogP contribution in [0.5, 0.6) is 0 Å². The van der Waals surface area contributed by atoms with Crippen LogP contribution >= 0.6 is 15.9 Å². The van der Waals surface area contributed by atoms with Crippen LogP contribution in [0.3, 0.4) is 0 Å². The lowest BCUT2D eigenvalue weighted by molar-refractivity contribution is 0.918. The van der Waals surface area contributed by atoms with Crippen LogP contribution in [0.15, 0.2) is 45.8 Å². The summed E-state index contributed by atoms with van der Waals surface area (Å²) in [4.78, 5) is 20.4. The molecular weight excluding hydrogens is 294 g/mol. The topological polar surface area (TPSA) is 47.3 Å². The first-order valence-corrected chi connectivity index (χ1v) is 6.46. The van der Waals surface area contributed by atoms with Crippen molar-refractivity contribution in [3.8, 4) is 0 Å². The molecule has 2 aromatic heterocycles. The smallest absolute Gasteiger partial charge is 0.250 e. The van der Waals surface area contributed by atoms with Crippen molar-refractivity contribution in [3.63, 3.8) is 0 Å². The van der Waals surface area contributed by atoms with Gasteiger partial charge in [0, 0.05) is 16.2 Å². The molecule has 18 heavy (non-hydrogen) atoms. The number of hydrogen-bond acceptors (Lipinski definition) is 3. The standard InChI is InChI=1S/C13H10BrN3O/c14-10-6-7-11-15-12(9-4-2-1-3-5-9)16-13(18)17(11)8-10/h2,4-8H,1,3H2. The molecule has 0 radical (unpaired) electrons. The maximum atomic E-state index is 11.9. The second-order valence-corrected chi connectivity index (χ2v) is 4.96. The zero-order valence-corrected chi connectivity index (χ0v) is 11.1. The fourth-order valence-electron chi connectivity index (χ4n) is 1.90. The van der Waals surface area contributed by atoms with Crippen LogP contribution in [-0.4, -0.2) is 14.4 Å². The van der Waals surface area contributed by atoms with Crippen molar-refractivity contribution in [2.24, 2.45) is 0 Å². The number of pyridine rings is 1. The number of nitrogens with zero attached hydrogens (tertiary/aromatic N) is 3. The van der Waals surface area contributed by atoms with Crippen LogP contribution in [0.2, 0.25) is 0 Å². The Bertz CT molecular complexity index is 731. The minimum atomic E-state index is -0.309. The van der Waals surface area contributed by atoms with E-state index in [1.165, 1.54) is 4.40 Å². The number of allylic oxidation sites excluding steroid dienone is 4. The number of rotatable bonds is 1. The van der Waals surface area contributed by atoms with E-state index in [9.17, 15) is 4.79 Å². The Balaban J connectivity index is 2.22. The van der Waals surface area contributed by atoms with Crippen molar-refractivity contribution >= 4 is 27.2 Å². The van der Waals surface area contributed by atoms with Gasteiger partial charge in [-0.25, -0.2) is 9.78 Å². The highest BCUT2D eigenvalue weighted by Gasteiger charge is 2.08. The lowest BCUT2D eigenvalue weighted by Crippen LogP contribution is -2.20. The van der Waals surface area contributed by atoms with Gasteiger partial charge in [-0.3, -0.25) is 4.40 Å². The van der Waals surface area contributed by atoms with Gasteiger partial charge in [-0.05, 0) is 40.9 Å². The van der Waals surface area contributed by atoms with Crippen molar-refractivity contribution in [2.45, 2.75) is 12.8 Å². The summed E-state index contributed by atoms with van der Waals surface area (Å²) in [6.07, 6.45) is 9.77. The molecule has 0 atom stereocenters. The minimum absolute atomic E-state index is 0.309. The average molecular weight is 304 g/mol. The molecule has 0 amide bonds. The summed E-state index contributed by atoms with van der Waals surface area (Å²) in [7, 11) is 0. The third-order valence-electron chi connectivity index (χ3n) is 2.77. The van der Waals surface area contributed by atoms with Crippen molar-refractivity contribution in [1.29, 1.82) is 0 Å². The molecular formula is C13H10BrN3O. The highest BCUT2D eigenvalue weighted by molar-refractivity contribution is 9.10. The number of fused-ring (bicyclic) bond motifs is 1. The van der Waals surface area contributed by atoms with Crippen LogP contribution in [-0.2, 0) is 0 Å². The Hall–Kier alpha value is -1.75. The molecule has 0 saturated carbocycles. The van der Waals surface area contributed by atoms with Gasteiger partial charge >= 0.3 is 5.69 Å². The molecule has 0 saturated heterocycles. The summed E-state index contributed by atoms with van der Waals surface area (Å²) in [6, 6.07) is 3.65. The SMILES string of the molecule is O=c1nc(C2=CCCC=C2)nc2ccc(Br)cn12. The van der Waals surface area contributed by atoms with Gasteiger partial charge in [0.25, 0.3) is 0 Å². The molecule has 0 N–H and O–H groups in total. The normalized spacial score (nSPS) is 14.8. The average Bonchev–Trinajstić information content (AvgIpc) is 2.40. The van der Waals surface area contributed by atoms with Gasteiger partial charge < -0.3 is 0 Å². The summed E-state index contributed by atoms with van der Waals surface area (Å²) in [5, 5.41) is 0. The monoisotopic (exact) mass is 303 g/mol. The van der Waals surface area contributed by atoms with Crippen LogP contribution in [0.25, 0.3) is 11.2 Å². The van der Waals surface area contributed by atoms with Gasteiger partial charge in [0.2, 0.25) is 0 Å². The molecule has 5 heteroatoms. The van der Waals surface area contributed by atoms with E-state index < -0.39 is 0 Å². The van der Waals surface area contributed by atoms with Crippen LogP contribution in [0.4, 0.5) is 0 Å². The maximum Gasteiger partial charge on any atom is 0.355 e. The van der Waals surface area contributed by atoms with Crippen LogP contribution in [0, 0.1) is 0 Å². The molecule has 0 fully saturated rings. The van der Waals surface area contributed by atoms with Crippen LogP contribution < -0.4 is 5.69 Å². The van der Waals surface area contributed by atoms with Gasteiger partial charge in [0.1, 0.15) is 5.65 Å². The predicted molar refractivity (Wildman–Crippen MR) is 73.3 cm³/mol. The van der Waals surface area contributed by atoms with E-state index in [0.29, 0.717) is 11.5 Å². The van der Waals surface area contributed by atoms with E-state index >= 15 is 0 Å². The highest BCUT2D eigenvalue weighted by atomic mass is 79.9. The first-order valence-electron chi connectivity index (χ1n) is 5.67. The van der Waals surface area contributed by atoms with E-state index in [0.717, 1.165) is 22.9 Å². The Morgan fingerprint density at radius 3 is 2.89 bits per heavy atom. The summed E-state index contributed by atoms with van der Waals surface area (Å²) in [5.74, 6) is 0.498. The molecule has 0 spiro atoms. The largest absolute Gasteiger partial charge is 0.355 e. The molecule has 1 aliphatic rings. The lowest BCUT2D eigenvalue weighted by atomic mass is 10.1. The molecule has 0 aliphatic heterocycles. The van der Waals surface area contributed by atoms with E-state index in [2.05, 4.69) is 38.0 Å². The van der Waals surface area contributed by atoms with E-state index in [-0.39, 0.29) is 5.69 Å². The zero-order chi connectivity index (χ0) is 12.5. The summed E-state index contributed by atoms with van der Waals surface area (Å²) >= 11 is 3.32. The molecule has 4 nitrogen and oxygen atoms in total. The van der Waals surface area contributed by atoms with E-state index in [1.807, 2.05) is 12.1 Å². The third kappa shape index (κ3) is 2.01. The van der Waals surface area contributed by atoms with Crippen molar-refractivity contribution < 1.29 is 0 Å². The molecule has 2 aromatic rings. The molecule has 1 aliphatic carbocycles. The first-order chi connectivity index (χ1) is 8.74. The zero-order valence-electron chi connectivity index (χ0n) is 9.51. The van der Waals surface area contributed by atoms with E-state index in [1.54, 1.807) is 12.3 Å². The molecule has 0 bridgehead atoms. The molecule has 0 unspecified atom stereocenters. The van der Waals surface area contributed by atoms with Gasteiger partial charge in [-0.1, -0.05) is 18.2 Å². The van der Waals surface area contributed by atoms with Crippen molar-refractivity contribution in [1.82, 2.24) is 14.4 Å². The predicted octanol–water partition coefficient (Wildman–Crippen LogP) is 2.59. The Morgan fingerprint density at radius 2 is 2.11 bits per heavy atom. The Morgan fingerprint density at radius 1 is 1.22 bits per heavy atom. The van der Waals surface area contributed by atoms with Crippen molar-refractivity contribution in [2.75, 3.05) is 0 Å². The second-order valence-electron chi connectivity index (χ2n) is 4.04. The minimum Gasteiger partial charge on any atom is -0.250 e. The molecule has 2 heterocycles. The van der Waals surface area contributed by atoms with Gasteiger partial charge in [0.15, 0.2) is 5.82 Å².